The first-order chi connectivity index (χ1) is 14.5. The number of ether oxygens (including phenoxy) is 1. The lowest BCUT2D eigenvalue weighted by Gasteiger charge is -2.28. The Kier molecular flexibility index (Phi) is 5.78. The zero-order valence-electron chi connectivity index (χ0n) is 17.2. The van der Waals surface area contributed by atoms with Crippen LogP contribution in [0.5, 0.6) is 0 Å². The maximum atomic E-state index is 12.2. The van der Waals surface area contributed by atoms with E-state index in [-0.39, 0.29) is 11.2 Å². The topological polar surface area (TPSA) is 87.2 Å². The highest BCUT2D eigenvalue weighted by Gasteiger charge is 2.22. The second-order valence-corrected chi connectivity index (χ2v) is 8.16. The molecule has 0 N–H and O–H groups in total. The van der Waals surface area contributed by atoms with Crippen molar-refractivity contribution in [3.05, 3.63) is 62.4 Å². The molecular weight excluding hydrogens is 404 g/mol. The molecule has 1 aliphatic rings. The number of thioether (sulfide) groups is 1. The minimum absolute atomic E-state index is 0.317. The predicted molar refractivity (Wildman–Crippen MR) is 116 cm³/mol. The second kappa shape index (κ2) is 8.49. The molecule has 158 valence electrons. The molecule has 2 aromatic heterocycles. The molecular formula is C20H24N6O3S. The van der Waals surface area contributed by atoms with Crippen molar-refractivity contribution in [3.8, 4) is 5.69 Å². The van der Waals surface area contributed by atoms with Crippen LogP contribution < -0.4 is 16.1 Å². The highest BCUT2D eigenvalue weighted by molar-refractivity contribution is 7.98. The smallest absolute Gasteiger partial charge is 0.330 e. The molecule has 3 aromatic rings. The van der Waals surface area contributed by atoms with Crippen molar-refractivity contribution in [1.82, 2.24) is 23.9 Å². The van der Waals surface area contributed by atoms with E-state index in [1.807, 2.05) is 23.6 Å². The lowest BCUT2D eigenvalue weighted by Crippen LogP contribution is -2.38. The first-order valence-electron chi connectivity index (χ1n) is 9.69. The van der Waals surface area contributed by atoms with Crippen molar-refractivity contribution in [2.75, 3.05) is 31.2 Å². The van der Waals surface area contributed by atoms with E-state index >= 15 is 0 Å². The van der Waals surface area contributed by atoms with Gasteiger partial charge in [0.1, 0.15) is 0 Å². The summed E-state index contributed by atoms with van der Waals surface area (Å²) in [6.07, 6.45) is 0. The minimum Gasteiger partial charge on any atom is -0.378 e. The monoisotopic (exact) mass is 428 g/mol. The predicted octanol–water partition coefficient (Wildman–Crippen LogP) is 1.10. The molecule has 1 aromatic carbocycles. The fraction of sp³-hybridized carbons (Fsp3) is 0.400. The van der Waals surface area contributed by atoms with Crippen LogP contribution in [0.4, 0.5) is 5.95 Å². The van der Waals surface area contributed by atoms with E-state index in [1.54, 1.807) is 7.05 Å². The quantitative estimate of drug-likeness (QED) is 0.563. The molecule has 0 atom stereocenters. The Hall–Kier alpha value is -2.85. The largest absolute Gasteiger partial charge is 0.378 e. The molecule has 1 aliphatic heterocycles. The lowest BCUT2D eigenvalue weighted by molar-refractivity contribution is 0.122. The van der Waals surface area contributed by atoms with Gasteiger partial charge in [-0.2, -0.15) is 0 Å². The van der Waals surface area contributed by atoms with Gasteiger partial charge in [0.15, 0.2) is 5.16 Å². The summed E-state index contributed by atoms with van der Waals surface area (Å²) >= 11 is 1.45. The van der Waals surface area contributed by atoms with Gasteiger partial charge in [-0.05, 0) is 19.1 Å². The Morgan fingerprint density at radius 1 is 1.03 bits per heavy atom. The van der Waals surface area contributed by atoms with Gasteiger partial charge >= 0.3 is 5.69 Å². The van der Waals surface area contributed by atoms with Gasteiger partial charge in [-0.3, -0.25) is 18.5 Å². The molecule has 0 spiro atoms. The molecule has 0 unspecified atom stereocenters. The summed E-state index contributed by atoms with van der Waals surface area (Å²) in [5.74, 6) is 1.19. The first-order valence-corrected chi connectivity index (χ1v) is 10.7. The van der Waals surface area contributed by atoms with E-state index in [9.17, 15) is 9.59 Å². The molecule has 1 fully saturated rings. The number of rotatable bonds is 5. The average Bonchev–Trinajstić information content (AvgIpc) is 3.19. The number of benzene rings is 1. The van der Waals surface area contributed by atoms with Crippen molar-refractivity contribution in [2.24, 2.45) is 14.1 Å². The van der Waals surface area contributed by atoms with Crippen LogP contribution in [0, 0.1) is 6.92 Å². The summed E-state index contributed by atoms with van der Waals surface area (Å²) < 4.78 is 10.1. The summed E-state index contributed by atoms with van der Waals surface area (Å²) in [6, 6.07) is 9.68. The van der Waals surface area contributed by atoms with Gasteiger partial charge in [0.05, 0.1) is 18.9 Å². The van der Waals surface area contributed by atoms with Gasteiger partial charge in [-0.25, -0.2) is 4.79 Å². The second-order valence-electron chi connectivity index (χ2n) is 7.22. The van der Waals surface area contributed by atoms with E-state index in [2.05, 4.69) is 27.2 Å². The van der Waals surface area contributed by atoms with Crippen LogP contribution >= 0.6 is 11.8 Å². The fourth-order valence-corrected chi connectivity index (χ4v) is 4.27. The summed E-state index contributed by atoms with van der Waals surface area (Å²) in [5, 5.41) is 9.57. The van der Waals surface area contributed by atoms with Crippen molar-refractivity contribution in [1.29, 1.82) is 0 Å². The van der Waals surface area contributed by atoms with E-state index < -0.39 is 0 Å². The molecule has 10 heteroatoms. The molecule has 0 radical (unpaired) electrons. The van der Waals surface area contributed by atoms with Crippen LogP contribution in [-0.2, 0) is 24.6 Å². The Bertz CT molecular complexity index is 1160. The van der Waals surface area contributed by atoms with Crippen molar-refractivity contribution in [3.63, 3.8) is 0 Å². The normalized spacial score (nSPS) is 14.3. The van der Waals surface area contributed by atoms with Crippen molar-refractivity contribution in [2.45, 2.75) is 17.8 Å². The zero-order chi connectivity index (χ0) is 21.3. The van der Waals surface area contributed by atoms with Gasteiger partial charge < -0.3 is 9.64 Å². The Balaban J connectivity index is 1.70. The zero-order valence-corrected chi connectivity index (χ0v) is 18.1. The van der Waals surface area contributed by atoms with Gasteiger partial charge in [0.25, 0.3) is 5.56 Å². The third-order valence-electron chi connectivity index (χ3n) is 5.18. The SMILES string of the molecule is Cc1ccc(-n2c(SCc3cc(=O)n(C)c(=O)n3C)nnc2N2CCOCC2)cc1. The van der Waals surface area contributed by atoms with E-state index in [1.165, 1.54) is 35.0 Å². The third-order valence-corrected chi connectivity index (χ3v) is 6.14. The van der Waals surface area contributed by atoms with Crippen LogP contribution in [0.25, 0.3) is 5.69 Å². The number of aromatic nitrogens is 5. The minimum atomic E-state index is -0.341. The van der Waals surface area contributed by atoms with E-state index in [0.29, 0.717) is 29.8 Å². The van der Waals surface area contributed by atoms with Gasteiger partial charge in [0, 0.05) is 44.7 Å². The van der Waals surface area contributed by atoms with Crippen LogP contribution in [0.3, 0.4) is 0 Å². The molecule has 9 nitrogen and oxygen atoms in total. The highest BCUT2D eigenvalue weighted by atomic mass is 32.2. The third kappa shape index (κ3) is 3.92. The molecule has 4 rings (SSSR count). The van der Waals surface area contributed by atoms with Gasteiger partial charge in [-0.15, -0.1) is 10.2 Å². The number of anilines is 1. The van der Waals surface area contributed by atoms with Gasteiger partial charge in [-0.1, -0.05) is 29.5 Å². The average molecular weight is 429 g/mol. The van der Waals surface area contributed by atoms with Crippen molar-refractivity contribution >= 4 is 17.7 Å². The van der Waals surface area contributed by atoms with Crippen LogP contribution in [-0.4, -0.2) is 50.2 Å². The molecule has 0 bridgehead atoms. The summed E-state index contributed by atoms with van der Waals surface area (Å²) in [4.78, 5) is 26.4. The fourth-order valence-electron chi connectivity index (χ4n) is 3.30. The maximum Gasteiger partial charge on any atom is 0.330 e. The number of morpholine rings is 1. The molecule has 0 aliphatic carbocycles. The summed E-state index contributed by atoms with van der Waals surface area (Å²) in [5.41, 5.74) is 2.12. The Morgan fingerprint density at radius 3 is 2.43 bits per heavy atom. The van der Waals surface area contributed by atoms with Crippen molar-refractivity contribution < 1.29 is 4.74 Å². The van der Waals surface area contributed by atoms with Crippen LogP contribution in [0.2, 0.25) is 0 Å². The number of nitrogens with zero attached hydrogens (tertiary/aromatic N) is 6. The van der Waals surface area contributed by atoms with Gasteiger partial charge in [0.2, 0.25) is 5.95 Å². The number of hydrogen-bond acceptors (Lipinski definition) is 7. The number of aryl methyl sites for hydroxylation is 1. The summed E-state index contributed by atoms with van der Waals surface area (Å²) in [6.45, 7) is 4.85. The van der Waals surface area contributed by atoms with E-state index in [0.717, 1.165) is 29.3 Å². The number of hydrogen-bond donors (Lipinski definition) is 0. The molecule has 30 heavy (non-hydrogen) atoms. The molecule has 0 amide bonds. The highest BCUT2D eigenvalue weighted by Crippen LogP contribution is 2.29. The molecule has 0 saturated carbocycles. The molecule has 3 heterocycles. The van der Waals surface area contributed by atoms with Crippen LogP contribution in [0.15, 0.2) is 45.1 Å². The first kappa shape index (κ1) is 20.4. The Morgan fingerprint density at radius 2 is 1.73 bits per heavy atom. The van der Waals surface area contributed by atoms with Crippen LogP contribution in [0.1, 0.15) is 11.3 Å². The van der Waals surface area contributed by atoms with E-state index in [4.69, 9.17) is 4.74 Å². The standard InChI is InChI=1S/C20H24N6O3S/c1-14-4-6-15(7-5-14)26-18(25-8-10-29-11-9-25)21-22-19(26)30-13-16-12-17(27)24(3)20(28)23(16)2/h4-7,12H,8-11,13H2,1-3H3. The Labute approximate surface area is 177 Å². The lowest BCUT2D eigenvalue weighted by atomic mass is 10.2. The maximum absolute atomic E-state index is 12.2. The summed E-state index contributed by atoms with van der Waals surface area (Å²) in [7, 11) is 3.14. The molecule has 1 saturated heterocycles.